The van der Waals surface area contributed by atoms with Gasteiger partial charge < -0.3 is 20.9 Å². The third-order valence-electron chi connectivity index (χ3n) is 3.41. The van der Waals surface area contributed by atoms with Crippen LogP contribution in [0.5, 0.6) is 0 Å². The van der Waals surface area contributed by atoms with Crippen LogP contribution in [0.1, 0.15) is 20.3 Å². The molecule has 0 bridgehead atoms. The van der Waals surface area contributed by atoms with Crippen molar-refractivity contribution in [3.05, 3.63) is 0 Å². The summed E-state index contributed by atoms with van der Waals surface area (Å²) in [7, 11) is 0. The number of hydrogen-bond donors (Lipinski definition) is 3. The van der Waals surface area contributed by atoms with Crippen LogP contribution in [0.3, 0.4) is 0 Å². The number of nitrogens with two attached hydrogens (primary N) is 1. The lowest BCUT2D eigenvalue weighted by molar-refractivity contribution is 0.165. The molecule has 0 aromatic heterocycles. The van der Waals surface area contributed by atoms with E-state index in [1.165, 1.54) is 0 Å². The van der Waals surface area contributed by atoms with Gasteiger partial charge in [-0.05, 0) is 19.3 Å². The number of hydrogen-bond acceptors (Lipinski definition) is 4. The maximum Gasteiger partial charge on any atom is 0.0510 e. The van der Waals surface area contributed by atoms with Crippen molar-refractivity contribution in [2.45, 2.75) is 32.4 Å². The first-order valence-electron chi connectivity index (χ1n) is 5.83. The zero-order valence-electron chi connectivity index (χ0n) is 9.78. The standard InChI is InChI=1S/C11H24N2O2/c1-8(6-14)9(2)13-11(5-12)10-3-4-15-7-10/h8-11,13-14H,3-7,12H2,1-2H3. The summed E-state index contributed by atoms with van der Waals surface area (Å²) < 4.78 is 5.36. The van der Waals surface area contributed by atoms with E-state index in [-0.39, 0.29) is 12.5 Å². The van der Waals surface area contributed by atoms with Crippen LogP contribution in [-0.2, 0) is 4.74 Å². The molecule has 0 aromatic carbocycles. The Bertz CT molecular complexity index is 172. The molecule has 1 fully saturated rings. The van der Waals surface area contributed by atoms with Crippen molar-refractivity contribution in [3.63, 3.8) is 0 Å². The SMILES string of the molecule is CC(CO)C(C)NC(CN)C1CCOC1. The first kappa shape index (κ1) is 12.9. The van der Waals surface area contributed by atoms with Crippen LogP contribution in [0.15, 0.2) is 0 Å². The van der Waals surface area contributed by atoms with Gasteiger partial charge in [-0.1, -0.05) is 6.92 Å². The van der Waals surface area contributed by atoms with Gasteiger partial charge in [-0.2, -0.15) is 0 Å². The van der Waals surface area contributed by atoms with E-state index < -0.39 is 0 Å². The first-order valence-corrected chi connectivity index (χ1v) is 5.83. The van der Waals surface area contributed by atoms with Gasteiger partial charge in [0.05, 0.1) is 6.61 Å². The number of aliphatic hydroxyl groups is 1. The average Bonchev–Trinajstić information content (AvgIpc) is 2.77. The third kappa shape index (κ3) is 3.72. The summed E-state index contributed by atoms with van der Waals surface area (Å²) >= 11 is 0. The molecule has 1 heterocycles. The lowest BCUT2D eigenvalue weighted by atomic mass is 9.96. The Labute approximate surface area is 92.2 Å². The minimum Gasteiger partial charge on any atom is -0.396 e. The molecule has 1 rings (SSSR count). The van der Waals surface area contributed by atoms with E-state index in [9.17, 15) is 0 Å². The van der Waals surface area contributed by atoms with Crippen molar-refractivity contribution >= 4 is 0 Å². The summed E-state index contributed by atoms with van der Waals surface area (Å²) in [5.74, 6) is 0.796. The Morgan fingerprint density at radius 1 is 1.53 bits per heavy atom. The Hall–Kier alpha value is -0.160. The van der Waals surface area contributed by atoms with Crippen molar-refractivity contribution in [1.29, 1.82) is 0 Å². The van der Waals surface area contributed by atoms with Gasteiger partial charge in [0.1, 0.15) is 0 Å². The molecule has 90 valence electrons. The van der Waals surface area contributed by atoms with Gasteiger partial charge in [0.2, 0.25) is 0 Å². The lowest BCUT2D eigenvalue weighted by Gasteiger charge is -2.28. The summed E-state index contributed by atoms with van der Waals surface area (Å²) in [5, 5.41) is 12.6. The molecule has 1 saturated heterocycles. The van der Waals surface area contributed by atoms with Gasteiger partial charge in [-0.25, -0.2) is 0 Å². The largest absolute Gasteiger partial charge is 0.396 e. The molecular weight excluding hydrogens is 192 g/mol. The van der Waals surface area contributed by atoms with Crippen LogP contribution < -0.4 is 11.1 Å². The maximum atomic E-state index is 9.06. The Morgan fingerprint density at radius 2 is 2.27 bits per heavy atom. The quantitative estimate of drug-likeness (QED) is 0.582. The van der Waals surface area contributed by atoms with E-state index in [1.807, 2.05) is 6.92 Å². The molecule has 0 radical (unpaired) electrons. The Kier molecular flexibility index (Phi) is 5.53. The molecule has 4 N–H and O–H groups in total. The minimum atomic E-state index is 0.215. The van der Waals surface area contributed by atoms with Gasteiger partial charge in [-0.3, -0.25) is 0 Å². The van der Waals surface area contributed by atoms with Gasteiger partial charge in [0.25, 0.3) is 0 Å². The summed E-state index contributed by atoms with van der Waals surface area (Å²) in [5.41, 5.74) is 5.76. The maximum absolute atomic E-state index is 9.06. The Morgan fingerprint density at radius 3 is 2.73 bits per heavy atom. The van der Waals surface area contributed by atoms with Crippen molar-refractivity contribution in [2.24, 2.45) is 17.6 Å². The minimum absolute atomic E-state index is 0.215. The summed E-state index contributed by atoms with van der Waals surface area (Å²) in [6.45, 7) is 6.65. The van der Waals surface area contributed by atoms with E-state index in [1.54, 1.807) is 0 Å². The highest BCUT2D eigenvalue weighted by molar-refractivity contribution is 4.83. The highest BCUT2D eigenvalue weighted by atomic mass is 16.5. The number of ether oxygens (including phenoxy) is 1. The lowest BCUT2D eigenvalue weighted by Crippen LogP contribution is -2.49. The highest BCUT2D eigenvalue weighted by Gasteiger charge is 2.26. The smallest absolute Gasteiger partial charge is 0.0510 e. The molecule has 4 heteroatoms. The molecule has 15 heavy (non-hydrogen) atoms. The van der Waals surface area contributed by atoms with Gasteiger partial charge in [-0.15, -0.1) is 0 Å². The van der Waals surface area contributed by atoms with Crippen molar-refractivity contribution in [2.75, 3.05) is 26.4 Å². The zero-order valence-corrected chi connectivity index (χ0v) is 9.78. The predicted molar refractivity (Wildman–Crippen MR) is 60.6 cm³/mol. The average molecular weight is 216 g/mol. The molecule has 4 unspecified atom stereocenters. The number of nitrogens with one attached hydrogen (secondary N) is 1. The van der Waals surface area contributed by atoms with E-state index in [2.05, 4.69) is 12.2 Å². The fourth-order valence-electron chi connectivity index (χ4n) is 1.93. The normalized spacial score (nSPS) is 27.6. The zero-order chi connectivity index (χ0) is 11.3. The predicted octanol–water partition coefficient (Wildman–Crippen LogP) is -0.0433. The summed E-state index contributed by atoms with van der Waals surface area (Å²) in [6.07, 6.45) is 1.09. The van der Waals surface area contributed by atoms with Gasteiger partial charge in [0, 0.05) is 37.8 Å². The van der Waals surface area contributed by atoms with E-state index in [0.717, 1.165) is 19.6 Å². The highest BCUT2D eigenvalue weighted by Crippen LogP contribution is 2.17. The summed E-state index contributed by atoms with van der Waals surface area (Å²) in [6, 6.07) is 0.612. The van der Waals surface area contributed by atoms with E-state index >= 15 is 0 Å². The van der Waals surface area contributed by atoms with Crippen LogP contribution in [0.4, 0.5) is 0 Å². The summed E-state index contributed by atoms with van der Waals surface area (Å²) in [4.78, 5) is 0. The molecular formula is C11H24N2O2. The van der Waals surface area contributed by atoms with Gasteiger partial charge >= 0.3 is 0 Å². The fourth-order valence-corrected chi connectivity index (χ4v) is 1.93. The Balaban J connectivity index is 2.38. The van der Waals surface area contributed by atoms with E-state index in [4.69, 9.17) is 15.6 Å². The molecule has 1 aliphatic rings. The second-order valence-corrected chi connectivity index (χ2v) is 4.58. The third-order valence-corrected chi connectivity index (χ3v) is 3.41. The fraction of sp³-hybridized carbons (Fsp3) is 1.00. The van der Waals surface area contributed by atoms with Crippen LogP contribution in [0.25, 0.3) is 0 Å². The second-order valence-electron chi connectivity index (χ2n) is 4.58. The van der Waals surface area contributed by atoms with Crippen molar-refractivity contribution < 1.29 is 9.84 Å². The van der Waals surface area contributed by atoms with Crippen LogP contribution >= 0.6 is 0 Å². The molecule has 0 aromatic rings. The first-order chi connectivity index (χ1) is 7.19. The topological polar surface area (TPSA) is 67.5 Å². The van der Waals surface area contributed by atoms with Crippen LogP contribution in [-0.4, -0.2) is 43.6 Å². The van der Waals surface area contributed by atoms with Crippen molar-refractivity contribution in [1.82, 2.24) is 5.32 Å². The van der Waals surface area contributed by atoms with Crippen LogP contribution in [0, 0.1) is 11.8 Å². The molecule has 4 nitrogen and oxygen atoms in total. The van der Waals surface area contributed by atoms with Crippen molar-refractivity contribution in [3.8, 4) is 0 Å². The van der Waals surface area contributed by atoms with Gasteiger partial charge in [0.15, 0.2) is 0 Å². The molecule has 0 spiro atoms. The second kappa shape index (κ2) is 6.43. The molecule has 0 aliphatic carbocycles. The molecule has 0 amide bonds. The number of aliphatic hydroxyl groups excluding tert-OH is 1. The number of rotatable bonds is 6. The monoisotopic (exact) mass is 216 g/mol. The van der Waals surface area contributed by atoms with E-state index in [0.29, 0.717) is 24.5 Å². The molecule has 4 atom stereocenters. The van der Waals surface area contributed by atoms with Crippen LogP contribution in [0.2, 0.25) is 0 Å². The molecule has 1 aliphatic heterocycles. The molecule has 0 saturated carbocycles.